The van der Waals surface area contributed by atoms with E-state index in [0.29, 0.717) is 11.5 Å². The van der Waals surface area contributed by atoms with E-state index in [1.54, 1.807) is 36.4 Å². The van der Waals surface area contributed by atoms with Crippen molar-refractivity contribution in [3.05, 3.63) is 90.0 Å². The second-order valence-corrected chi connectivity index (χ2v) is 4.99. The third-order valence-electron chi connectivity index (χ3n) is 3.28. The van der Waals surface area contributed by atoms with Gasteiger partial charge in [-0.2, -0.15) is 0 Å². The maximum Gasteiger partial charge on any atom is 0.259 e. The van der Waals surface area contributed by atoms with Crippen molar-refractivity contribution in [2.75, 3.05) is 5.32 Å². The van der Waals surface area contributed by atoms with E-state index < -0.39 is 17.5 Å². The molecule has 24 heavy (non-hydrogen) atoms. The molecule has 3 nitrogen and oxygen atoms in total. The van der Waals surface area contributed by atoms with E-state index in [1.165, 1.54) is 6.07 Å². The van der Waals surface area contributed by atoms with Gasteiger partial charge in [0.15, 0.2) is 11.6 Å². The molecule has 1 N–H and O–H groups in total. The molecule has 3 aromatic rings. The summed E-state index contributed by atoms with van der Waals surface area (Å²) >= 11 is 0. The molecule has 0 spiro atoms. The second-order valence-electron chi connectivity index (χ2n) is 4.99. The Labute approximate surface area is 137 Å². The summed E-state index contributed by atoms with van der Waals surface area (Å²) in [6, 6.07) is 18.9. The van der Waals surface area contributed by atoms with Crippen molar-refractivity contribution < 1.29 is 18.3 Å². The number of rotatable bonds is 4. The summed E-state index contributed by atoms with van der Waals surface area (Å²) < 4.78 is 31.9. The van der Waals surface area contributed by atoms with Gasteiger partial charge in [-0.1, -0.05) is 30.3 Å². The summed E-state index contributed by atoms with van der Waals surface area (Å²) in [7, 11) is 0. The van der Waals surface area contributed by atoms with Crippen molar-refractivity contribution in [3.63, 3.8) is 0 Å². The Bertz CT molecular complexity index is 866. The minimum atomic E-state index is -1.03. The van der Waals surface area contributed by atoms with Gasteiger partial charge in [0.05, 0.1) is 5.56 Å². The molecule has 0 aliphatic carbocycles. The van der Waals surface area contributed by atoms with Gasteiger partial charge in [-0.05, 0) is 36.4 Å². The number of anilines is 1. The molecule has 120 valence electrons. The molecule has 3 aromatic carbocycles. The van der Waals surface area contributed by atoms with Crippen LogP contribution in [-0.4, -0.2) is 5.91 Å². The number of ether oxygens (including phenoxy) is 1. The first kappa shape index (κ1) is 15.7. The van der Waals surface area contributed by atoms with Crippen molar-refractivity contribution in [3.8, 4) is 11.5 Å². The van der Waals surface area contributed by atoms with Crippen LogP contribution in [0.5, 0.6) is 11.5 Å². The lowest BCUT2D eigenvalue weighted by molar-refractivity contribution is 0.102. The standard InChI is InChI=1S/C19H13F2NO2/c20-16-11-10-13(12-17(16)21)22-19(23)15-8-4-5-9-18(15)24-14-6-2-1-3-7-14/h1-12H,(H,22,23). The Morgan fingerprint density at radius 3 is 2.29 bits per heavy atom. The number of carbonyl (C=O) groups excluding carboxylic acids is 1. The van der Waals surface area contributed by atoms with Gasteiger partial charge < -0.3 is 10.1 Å². The van der Waals surface area contributed by atoms with Crippen LogP contribution in [0.1, 0.15) is 10.4 Å². The minimum Gasteiger partial charge on any atom is -0.457 e. The first-order chi connectivity index (χ1) is 11.6. The molecule has 0 radical (unpaired) electrons. The number of carbonyl (C=O) groups is 1. The van der Waals surface area contributed by atoms with Gasteiger partial charge in [0.2, 0.25) is 0 Å². The summed E-state index contributed by atoms with van der Waals surface area (Å²) in [4.78, 5) is 12.4. The van der Waals surface area contributed by atoms with Gasteiger partial charge in [-0.3, -0.25) is 4.79 Å². The number of para-hydroxylation sites is 2. The molecule has 3 rings (SSSR count). The average Bonchev–Trinajstić information content (AvgIpc) is 2.59. The van der Waals surface area contributed by atoms with Crippen molar-refractivity contribution in [1.29, 1.82) is 0 Å². The maximum absolute atomic E-state index is 13.2. The lowest BCUT2D eigenvalue weighted by atomic mass is 10.1. The zero-order valence-electron chi connectivity index (χ0n) is 12.5. The number of amides is 1. The molecule has 0 fully saturated rings. The van der Waals surface area contributed by atoms with E-state index in [4.69, 9.17) is 4.74 Å². The summed E-state index contributed by atoms with van der Waals surface area (Å²) in [5.41, 5.74) is 0.444. The zero-order chi connectivity index (χ0) is 16.9. The first-order valence-corrected chi connectivity index (χ1v) is 7.22. The van der Waals surface area contributed by atoms with Gasteiger partial charge in [0, 0.05) is 11.8 Å². The van der Waals surface area contributed by atoms with Crippen LogP contribution in [0.15, 0.2) is 72.8 Å². The highest BCUT2D eigenvalue weighted by molar-refractivity contribution is 6.06. The van der Waals surface area contributed by atoms with Crippen LogP contribution < -0.4 is 10.1 Å². The Morgan fingerprint density at radius 2 is 1.54 bits per heavy atom. The summed E-state index contributed by atoms with van der Waals surface area (Å²) in [5, 5.41) is 2.53. The molecule has 0 aliphatic heterocycles. The lowest BCUT2D eigenvalue weighted by Gasteiger charge is -2.11. The quantitative estimate of drug-likeness (QED) is 0.732. The number of nitrogens with one attached hydrogen (secondary N) is 1. The zero-order valence-corrected chi connectivity index (χ0v) is 12.5. The van der Waals surface area contributed by atoms with E-state index in [1.807, 2.05) is 18.2 Å². The van der Waals surface area contributed by atoms with Gasteiger partial charge in [-0.15, -0.1) is 0 Å². The third-order valence-corrected chi connectivity index (χ3v) is 3.28. The van der Waals surface area contributed by atoms with Crippen LogP contribution in [0.3, 0.4) is 0 Å². The summed E-state index contributed by atoms with van der Waals surface area (Å²) in [5.74, 6) is -1.52. The predicted octanol–water partition coefficient (Wildman–Crippen LogP) is 5.01. The fourth-order valence-corrected chi connectivity index (χ4v) is 2.13. The predicted molar refractivity (Wildman–Crippen MR) is 87.3 cm³/mol. The summed E-state index contributed by atoms with van der Waals surface area (Å²) in [6.45, 7) is 0. The molecule has 0 saturated carbocycles. The third kappa shape index (κ3) is 3.57. The molecule has 0 aromatic heterocycles. The fourth-order valence-electron chi connectivity index (χ4n) is 2.13. The highest BCUT2D eigenvalue weighted by Crippen LogP contribution is 2.26. The van der Waals surface area contributed by atoms with Crippen molar-refractivity contribution in [1.82, 2.24) is 0 Å². The highest BCUT2D eigenvalue weighted by atomic mass is 19.2. The normalized spacial score (nSPS) is 10.2. The van der Waals surface area contributed by atoms with Crippen LogP contribution in [0, 0.1) is 11.6 Å². The number of halogens is 2. The monoisotopic (exact) mass is 325 g/mol. The van der Waals surface area contributed by atoms with E-state index in [9.17, 15) is 13.6 Å². The fraction of sp³-hybridized carbons (Fsp3) is 0. The van der Waals surface area contributed by atoms with E-state index >= 15 is 0 Å². The molecule has 0 aliphatic rings. The minimum absolute atomic E-state index is 0.161. The van der Waals surface area contributed by atoms with Crippen LogP contribution >= 0.6 is 0 Å². The van der Waals surface area contributed by atoms with Crippen LogP contribution in [0.4, 0.5) is 14.5 Å². The number of hydrogen-bond donors (Lipinski definition) is 1. The average molecular weight is 325 g/mol. The molecule has 0 bridgehead atoms. The molecular weight excluding hydrogens is 312 g/mol. The first-order valence-electron chi connectivity index (χ1n) is 7.22. The lowest BCUT2D eigenvalue weighted by Crippen LogP contribution is -2.13. The van der Waals surface area contributed by atoms with E-state index in [-0.39, 0.29) is 11.3 Å². The number of benzene rings is 3. The molecular formula is C19H13F2NO2. The largest absolute Gasteiger partial charge is 0.457 e. The Balaban J connectivity index is 1.83. The number of hydrogen-bond acceptors (Lipinski definition) is 2. The molecule has 0 unspecified atom stereocenters. The molecule has 1 amide bonds. The molecule has 5 heteroatoms. The SMILES string of the molecule is O=C(Nc1ccc(F)c(F)c1)c1ccccc1Oc1ccccc1. The van der Waals surface area contributed by atoms with Gasteiger partial charge in [0.25, 0.3) is 5.91 Å². The van der Waals surface area contributed by atoms with Crippen molar-refractivity contribution in [2.24, 2.45) is 0 Å². The van der Waals surface area contributed by atoms with E-state index in [2.05, 4.69) is 5.32 Å². The molecule has 0 atom stereocenters. The van der Waals surface area contributed by atoms with Crippen molar-refractivity contribution >= 4 is 11.6 Å². The topological polar surface area (TPSA) is 38.3 Å². The Kier molecular flexibility index (Phi) is 4.52. The summed E-state index contributed by atoms with van der Waals surface area (Å²) in [6.07, 6.45) is 0. The Morgan fingerprint density at radius 1 is 0.833 bits per heavy atom. The van der Waals surface area contributed by atoms with Gasteiger partial charge in [0.1, 0.15) is 11.5 Å². The second kappa shape index (κ2) is 6.91. The molecule has 0 heterocycles. The maximum atomic E-state index is 13.2. The van der Waals surface area contributed by atoms with Crippen LogP contribution in [0.25, 0.3) is 0 Å². The Hall–Kier alpha value is -3.21. The van der Waals surface area contributed by atoms with Gasteiger partial charge in [-0.25, -0.2) is 8.78 Å². The van der Waals surface area contributed by atoms with Crippen LogP contribution in [0.2, 0.25) is 0 Å². The molecule has 0 saturated heterocycles. The smallest absolute Gasteiger partial charge is 0.259 e. The van der Waals surface area contributed by atoms with E-state index in [0.717, 1.165) is 12.1 Å². The van der Waals surface area contributed by atoms with Crippen LogP contribution in [-0.2, 0) is 0 Å². The van der Waals surface area contributed by atoms with Crippen molar-refractivity contribution in [2.45, 2.75) is 0 Å². The van der Waals surface area contributed by atoms with Gasteiger partial charge >= 0.3 is 0 Å². The highest BCUT2D eigenvalue weighted by Gasteiger charge is 2.14.